The number of fused-ring (bicyclic) bond motifs is 2. The van der Waals surface area contributed by atoms with Crippen LogP contribution in [-0.4, -0.2) is 69.9 Å². The lowest BCUT2D eigenvalue weighted by atomic mass is 10.0. The largest absolute Gasteiger partial charge is 0.490 e. The number of nitrogens with zero attached hydrogens (tertiary/aromatic N) is 5. The van der Waals surface area contributed by atoms with Crippen LogP contribution in [-0.2, 0) is 11.2 Å². The number of urea groups is 1. The molecule has 14 heteroatoms. The Hall–Kier alpha value is -3.94. The minimum Gasteiger partial charge on any atom is -0.475 e. The molecular weight excluding hydrogens is 522 g/mol. The molecule has 2 amide bonds. The predicted octanol–water partition coefficient (Wildman–Crippen LogP) is 3.84. The summed E-state index contributed by atoms with van der Waals surface area (Å²) in [6, 6.07) is 3.41. The third-order valence-corrected chi connectivity index (χ3v) is 6.59. The number of aromatic nitrogens is 3. The maximum Gasteiger partial charge on any atom is 0.490 e. The molecule has 39 heavy (non-hydrogen) atoms. The van der Waals surface area contributed by atoms with E-state index in [9.17, 15) is 22.4 Å². The molecule has 0 spiro atoms. The first-order valence-electron chi connectivity index (χ1n) is 12.3. The van der Waals surface area contributed by atoms with Gasteiger partial charge in [0, 0.05) is 68.1 Å². The fourth-order valence-electron chi connectivity index (χ4n) is 4.62. The Balaban J connectivity index is 0.000000448. The van der Waals surface area contributed by atoms with Gasteiger partial charge in [-0.05, 0) is 25.3 Å². The summed E-state index contributed by atoms with van der Waals surface area (Å²) in [4.78, 5) is 34.7. The average molecular weight is 552 g/mol. The second-order valence-corrected chi connectivity index (χ2v) is 9.70. The number of piperazine rings is 1. The number of rotatable bonds is 3. The van der Waals surface area contributed by atoms with Gasteiger partial charge in [-0.3, -0.25) is 4.90 Å². The number of hydrogen-bond donors (Lipinski definition) is 3. The van der Waals surface area contributed by atoms with Crippen molar-refractivity contribution < 1.29 is 32.3 Å². The van der Waals surface area contributed by atoms with E-state index in [0.717, 1.165) is 43.0 Å². The van der Waals surface area contributed by atoms with E-state index in [-0.39, 0.29) is 11.7 Å². The van der Waals surface area contributed by atoms with Crippen molar-refractivity contribution in [3.05, 3.63) is 47.8 Å². The molecule has 0 bridgehead atoms. The molecule has 1 saturated heterocycles. The molecule has 1 fully saturated rings. The minimum absolute atomic E-state index is 0.117. The summed E-state index contributed by atoms with van der Waals surface area (Å²) in [5.41, 5.74) is 3.62. The molecule has 0 aliphatic carbocycles. The summed E-state index contributed by atoms with van der Waals surface area (Å²) in [5.74, 6) is -2.08. The topological polar surface area (TPSA) is 115 Å². The fourth-order valence-corrected chi connectivity index (χ4v) is 4.62. The quantitative estimate of drug-likeness (QED) is 0.424. The predicted molar refractivity (Wildman–Crippen MR) is 137 cm³/mol. The van der Waals surface area contributed by atoms with Crippen molar-refractivity contribution in [3.63, 3.8) is 0 Å². The SMILES string of the molecule is Cc1cn2cc(NC(=O)N3CCc4c(N5CCN[C@@H](C(C)C)C5)ccnc43)c(F)cc2n1.O=C(O)C(F)(F)F. The van der Waals surface area contributed by atoms with Crippen molar-refractivity contribution in [2.45, 2.75) is 39.4 Å². The van der Waals surface area contributed by atoms with Crippen molar-refractivity contribution in [1.82, 2.24) is 19.7 Å². The minimum atomic E-state index is -5.08. The number of amides is 2. The molecule has 0 unspecified atom stereocenters. The molecular formula is C25H29F4N7O3. The Morgan fingerprint density at radius 1 is 1.23 bits per heavy atom. The lowest BCUT2D eigenvalue weighted by Crippen LogP contribution is -2.53. The standard InChI is InChI=1S/C23H28FN7O.C2HF3O2/c1-14(2)18-12-29(9-7-25-18)20-4-6-26-22-16(20)5-8-31(22)23(32)28-19-13-30-11-15(3)27-21(30)10-17(19)24;3-2(4,5)1(6)7/h4,6,10-11,13-14,18,25H,5,7-9,12H2,1-3H3,(H,28,32);(H,6,7)/t18-;/m1./s1. The first-order chi connectivity index (χ1) is 18.3. The molecule has 3 aromatic heterocycles. The van der Waals surface area contributed by atoms with Gasteiger partial charge in [-0.25, -0.2) is 23.9 Å². The number of alkyl halides is 3. The molecule has 3 aromatic rings. The third kappa shape index (κ3) is 6.21. The maximum atomic E-state index is 14.6. The van der Waals surface area contributed by atoms with Crippen molar-refractivity contribution in [2.75, 3.05) is 41.3 Å². The van der Waals surface area contributed by atoms with E-state index in [1.54, 1.807) is 27.9 Å². The van der Waals surface area contributed by atoms with Crippen molar-refractivity contribution in [2.24, 2.45) is 5.92 Å². The second kappa shape index (κ2) is 11.0. The zero-order chi connectivity index (χ0) is 28.5. The number of halogens is 4. The number of carbonyl (C=O) groups is 2. The number of aliphatic carboxylic acids is 1. The van der Waals surface area contributed by atoms with E-state index >= 15 is 0 Å². The van der Waals surface area contributed by atoms with E-state index in [1.165, 1.54) is 6.07 Å². The maximum absolute atomic E-state index is 14.6. The number of carbonyl (C=O) groups excluding carboxylic acids is 1. The number of imidazole rings is 1. The number of pyridine rings is 2. The van der Waals surface area contributed by atoms with Gasteiger partial charge in [0.15, 0.2) is 5.82 Å². The number of hydrogen-bond acceptors (Lipinski definition) is 6. The molecule has 210 valence electrons. The zero-order valence-corrected chi connectivity index (χ0v) is 21.6. The van der Waals surface area contributed by atoms with Crippen molar-refractivity contribution >= 4 is 34.8 Å². The lowest BCUT2D eigenvalue weighted by Gasteiger charge is -2.38. The molecule has 10 nitrogen and oxygen atoms in total. The molecule has 2 aliphatic heterocycles. The van der Waals surface area contributed by atoms with Gasteiger partial charge in [0.05, 0.1) is 11.4 Å². The van der Waals surface area contributed by atoms with Crippen molar-refractivity contribution in [1.29, 1.82) is 0 Å². The summed E-state index contributed by atoms with van der Waals surface area (Å²) < 4.78 is 48.0. The summed E-state index contributed by atoms with van der Waals surface area (Å²) >= 11 is 0. The average Bonchev–Trinajstić information content (AvgIpc) is 3.46. The van der Waals surface area contributed by atoms with Crippen molar-refractivity contribution in [3.8, 4) is 0 Å². The van der Waals surface area contributed by atoms with Gasteiger partial charge in [0.25, 0.3) is 0 Å². The molecule has 3 N–H and O–H groups in total. The van der Waals surface area contributed by atoms with E-state index in [4.69, 9.17) is 9.90 Å². The highest BCUT2D eigenvalue weighted by molar-refractivity contribution is 6.03. The number of carboxylic acids is 1. The van der Waals surface area contributed by atoms with E-state index < -0.39 is 18.0 Å². The Bertz CT molecular complexity index is 1380. The molecule has 0 saturated carbocycles. The van der Waals surface area contributed by atoms with Gasteiger partial charge in [0.2, 0.25) is 0 Å². The molecule has 1 atom stereocenters. The third-order valence-electron chi connectivity index (χ3n) is 6.59. The number of carboxylic acid groups (broad SMARTS) is 1. The molecule has 2 aliphatic rings. The van der Waals surface area contributed by atoms with Gasteiger partial charge >= 0.3 is 18.2 Å². The van der Waals surface area contributed by atoms with Crippen LogP contribution < -0.4 is 20.4 Å². The van der Waals surface area contributed by atoms with E-state index in [2.05, 4.69) is 39.3 Å². The first kappa shape index (κ1) is 28.1. The van der Waals surface area contributed by atoms with Crippen LogP contribution in [0.15, 0.2) is 30.7 Å². The van der Waals surface area contributed by atoms with Crippen LogP contribution in [0.5, 0.6) is 0 Å². The lowest BCUT2D eigenvalue weighted by molar-refractivity contribution is -0.192. The van der Waals surface area contributed by atoms with Crippen LogP contribution in [0.3, 0.4) is 0 Å². The highest BCUT2D eigenvalue weighted by atomic mass is 19.4. The summed E-state index contributed by atoms with van der Waals surface area (Å²) in [6.07, 6.45) is 0.745. The summed E-state index contributed by atoms with van der Waals surface area (Å²) in [5, 5.41) is 13.4. The van der Waals surface area contributed by atoms with Gasteiger partial charge in [-0.1, -0.05) is 13.8 Å². The number of aryl methyl sites for hydroxylation is 1. The van der Waals surface area contributed by atoms with Crippen LogP contribution in [0, 0.1) is 18.7 Å². The van der Waals surface area contributed by atoms with Crippen LogP contribution in [0.4, 0.5) is 39.5 Å². The fraction of sp³-hybridized carbons (Fsp3) is 0.440. The Kier molecular flexibility index (Phi) is 7.95. The van der Waals surface area contributed by atoms with E-state index in [0.29, 0.717) is 30.0 Å². The second-order valence-electron chi connectivity index (χ2n) is 9.70. The Morgan fingerprint density at radius 2 is 1.95 bits per heavy atom. The highest BCUT2D eigenvalue weighted by Gasteiger charge is 2.38. The molecule has 0 radical (unpaired) electrons. The van der Waals surface area contributed by atoms with Gasteiger partial charge in [-0.2, -0.15) is 13.2 Å². The Labute approximate surface area is 221 Å². The van der Waals surface area contributed by atoms with Crippen LogP contribution in [0.1, 0.15) is 25.1 Å². The Morgan fingerprint density at radius 3 is 2.62 bits per heavy atom. The van der Waals surface area contributed by atoms with Gasteiger partial charge in [-0.15, -0.1) is 0 Å². The smallest absolute Gasteiger partial charge is 0.475 e. The van der Waals surface area contributed by atoms with Crippen LogP contribution >= 0.6 is 0 Å². The monoisotopic (exact) mass is 551 g/mol. The van der Waals surface area contributed by atoms with Crippen LogP contribution in [0.25, 0.3) is 5.65 Å². The normalized spacial score (nSPS) is 17.2. The molecule has 0 aromatic carbocycles. The van der Waals surface area contributed by atoms with Crippen LogP contribution in [0.2, 0.25) is 0 Å². The first-order valence-corrected chi connectivity index (χ1v) is 12.3. The molecule has 5 rings (SSSR count). The number of nitrogens with one attached hydrogen (secondary N) is 2. The van der Waals surface area contributed by atoms with Gasteiger partial charge in [0.1, 0.15) is 11.5 Å². The zero-order valence-electron chi connectivity index (χ0n) is 21.6. The number of anilines is 3. The summed E-state index contributed by atoms with van der Waals surface area (Å²) in [6.45, 7) is 9.59. The molecule has 5 heterocycles. The summed E-state index contributed by atoms with van der Waals surface area (Å²) in [7, 11) is 0. The van der Waals surface area contributed by atoms with Gasteiger partial charge < -0.3 is 25.0 Å². The highest BCUT2D eigenvalue weighted by Crippen LogP contribution is 2.35. The van der Waals surface area contributed by atoms with E-state index in [1.807, 2.05) is 13.0 Å².